The summed E-state index contributed by atoms with van der Waals surface area (Å²) in [5.41, 5.74) is 0. The maximum absolute atomic E-state index is 9.91. The highest BCUT2D eigenvalue weighted by Gasteiger charge is 2.22. The molecular formula is C15H31NO3. The predicted molar refractivity (Wildman–Crippen MR) is 77.3 cm³/mol. The molecule has 0 aromatic rings. The van der Waals surface area contributed by atoms with Gasteiger partial charge in [-0.15, -0.1) is 0 Å². The minimum Gasteiger partial charge on any atom is -0.389 e. The van der Waals surface area contributed by atoms with Crippen LogP contribution in [0.3, 0.4) is 0 Å². The van der Waals surface area contributed by atoms with Crippen molar-refractivity contribution < 1.29 is 14.6 Å². The Kier molecular flexibility index (Phi) is 7.91. The fourth-order valence-corrected chi connectivity index (χ4v) is 2.50. The lowest BCUT2D eigenvalue weighted by molar-refractivity contribution is -0.00967. The maximum atomic E-state index is 9.91. The van der Waals surface area contributed by atoms with Crippen molar-refractivity contribution >= 4 is 0 Å². The van der Waals surface area contributed by atoms with Crippen molar-refractivity contribution in [2.45, 2.75) is 58.8 Å². The van der Waals surface area contributed by atoms with Crippen molar-refractivity contribution in [2.24, 2.45) is 11.8 Å². The monoisotopic (exact) mass is 273 g/mol. The number of hydrogen-bond donors (Lipinski definition) is 2. The van der Waals surface area contributed by atoms with Crippen LogP contribution in [0.4, 0.5) is 0 Å². The highest BCUT2D eigenvalue weighted by atomic mass is 16.5. The van der Waals surface area contributed by atoms with Crippen LogP contribution in [0.2, 0.25) is 0 Å². The zero-order valence-corrected chi connectivity index (χ0v) is 12.9. The molecule has 0 bridgehead atoms. The normalized spacial score (nSPS) is 24.6. The Labute approximate surface area is 117 Å². The van der Waals surface area contributed by atoms with Crippen LogP contribution in [0.15, 0.2) is 0 Å². The topological polar surface area (TPSA) is 50.7 Å². The van der Waals surface area contributed by atoms with Crippen LogP contribution < -0.4 is 5.32 Å². The van der Waals surface area contributed by atoms with E-state index in [2.05, 4.69) is 33.0 Å². The molecule has 0 saturated carbocycles. The zero-order chi connectivity index (χ0) is 14.3. The Balaban J connectivity index is 2.08. The third kappa shape index (κ3) is 7.25. The molecule has 114 valence electrons. The van der Waals surface area contributed by atoms with Crippen molar-refractivity contribution in [3.63, 3.8) is 0 Å². The SMILES string of the molecule is CC(C)CC(C)OCC(O)CNC(C)C1CCOC1. The molecule has 1 saturated heterocycles. The van der Waals surface area contributed by atoms with Crippen molar-refractivity contribution in [1.82, 2.24) is 5.32 Å². The van der Waals surface area contributed by atoms with Gasteiger partial charge in [-0.2, -0.15) is 0 Å². The van der Waals surface area contributed by atoms with Gasteiger partial charge in [0.2, 0.25) is 0 Å². The van der Waals surface area contributed by atoms with Gasteiger partial charge in [-0.05, 0) is 38.5 Å². The lowest BCUT2D eigenvalue weighted by atomic mass is 10.0. The second kappa shape index (κ2) is 8.90. The number of aliphatic hydroxyl groups is 1. The number of ether oxygens (including phenoxy) is 2. The molecule has 1 aliphatic heterocycles. The Morgan fingerprint density at radius 2 is 2.05 bits per heavy atom. The van der Waals surface area contributed by atoms with Gasteiger partial charge in [0.1, 0.15) is 0 Å². The summed E-state index contributed by atoms with van der Waals surface area (Å²) in [7, 11) is 0. The highest BCUT2D eigenvalue weighted by Crippen LogP contribution is 2.16. The number of aliphatic hydroxyl groups excluding tert-OH is 1. The van der Waals surface area contributed by atoms with E-state index in [1.807, 2.05) is 0 Å². The first-order chi connectivity index (χ1) is 8.99. The Morgan fingerprint density at radius 1 is 1.32 bits per heavy atom. The minimum atomic E-state index is -0.431. The smallest absolute Gasteiger partial charge is 0.0897 e. The molecule has 1 fully saturated rings. The first kappa shape index (κ1) is 16.9. The average molecular weight is 273 g/mol. The van der Waals surface area contributed by atoms with E-state index in [9.17, 15) is 5.11 Å². The largest absolute Gasteiger partial charge is 0.389 e. The molecule has 0 aromatic carbocycles. The first-order valence-electron chi connectivity index (χ1n) is 7.59. The quantitative estimate of drug-likeness (QED) is 0.673. The van der Waals surface area contributed by atoms with Gasteiger partial charge in [-0.1, -0.05) is 13.8 Å². The molecule has 4 atom stereocenters. The van der Waals surface area contributed by atoms with Gasteiger partial charge in [0.15, 0.2) is 0 Å². The Hall–Kier alpha value is -0.160. The molecular weight excluding hydrogens is 242 g/mol. The zero-order valence-electron chi connectivity index (χ0n) is 12.9. The summed E-state index contributed by atoms with van der Waals surface area (Å²) in [6.07, 6.45) is 1.94. The van der Waals surface area contributed by atoms with E-state index in [1.54, 1.807) is 0 Å². The minimum absolute atomic E-state index is 0.218. The summed E-state index contributed by atoms with van der Waals surface area (Å²) in [4.78, 5) is 0. The summed E-state index contributed by atoms with van der Waals surface area (Å²) in [6.45, 7) is 11.3. The van der Waals surface area contributed by atoms with Crippen LogP contribution in [0.25, 0.3) is 0 Å². The fraction of sp³-hybridized carbons (Fsp3) is 1.00. The van der Waals surface area contributed by atoms with Crippen LogP contribution in [-0.4, -0.2) is 49.7 Å². The first-order valence-corrected chi connectivity index (χ1v) is 7.59. The molecule has 0 radical (unpaired) electrons. The third-order valence-electron chi connectivity index (χ3n) is 3.72. The molecule has 0 spiro atoms. The van der Waals surface area contributed by atoms with Crippen molar-refractivity contribution in [2.75, 3.05) is 26.4 Å². The fourth-order valence-electron chi connectivity index (χ4n) is 2.50. The van der Waals surface area contributed by atoms with E-state index in [1.165, 1.54) is 0 Å². The van der Waals surface area contributed by atoms with Crippen LogP contribution >= 0.6 is 0 Å². The number of nitrogens with one attached hydrogen (secondary N) is 1. The van der Waals surface area contributed by atoms with Crippen LogP contribution in [0.5, 0.6) is 0 Å². The molecule has 0 aromatic heterocycles. The molecule has 4 unspecified atom stereocenters. The summed E-state index contributed by atoms with van der Waals surface area (Å²) < 4.78 is 11.0. The van der Waals surface area contributed by atoms with Crippen molar-refractivity contribution in [3.05, 3.63) is 0 Å². The van der Waals surface area contributed by atoms with Gasteiger partial charge in [0.25, 0.3) is 0 Å². The average Bonchev–Trinajstić information content (AvgIpc) is 2.86. The van der Waals surface area contributed by atoms with Crippen LogP contribution in [0, 0.1) is 11.8 Å². The molecule has 19 heavy (non-hydrogen) atoms. The second-order valence-corrected chi connectivity index (χ2v) is 6.25. The van der Waals surface area contributed by atoms with E-state index in [0.29, 0.717) is 31.0 Å². The van der Waals surface area contributed by atoms with Crippen LogP contribution in [-0.2, 0) is 9.47 Å². The Bertz CT molecular complexity index is 229. The molecule has 0 aliphatic carbocycles. The van der Waals surface area contributed by atoms with Gasteiger partial charge in [0, 0.05) is 19.2 Å². The standard InChI is InChI=1S/C15H31NO3/c1-11(2)7-12(3)19-10-15(17)8-16-13(4)14-5-6-18-9-14/h11-17H,5-10H2,1-4H3. The molecule has 1 rings (SSSR count). The molecule has 1 heterocycles. The molecule has 4 nitrogen and oxygen atoms in total. The highest BCUT2D eigenvalue weighted by molar-refractivity contribution is 4.76. The molecule has 4 heteroatoms. The van der Waals surface area contributed by atoms with E-state index in [-0.39, 0.29) is 6.10 Å². The molecule has 0 amide bonds. The predicted octanol–water partition coefficient (Wildman–Crippen LogP) is 1.81. The summed E-state index contributed by atoms with van der Waals surface area (Å²) >= 11 is 0. The van der Waals surface area contributed by atoms with Gasteiger partial charge in [0.05, 0.1) is 25.4 Å². The second-order valence-electron chi connectivity index (χ2n) is 6.25. The van der Waals surface area contributed by atoms with Crippen molar-refractivity contribution in [3.8, 4) is 0 Å². The van der Waals surface area contributed by atoms with Gasteiger partial charge < -0.3 is 19.9 Å². The third-order valence-corrected chi connectivity index (χ3v) is 3.72. The molecule has 2 N–H and O–H groups in total. The summed E-state index contributed by atoms with van der Waals surface area (Å²) in [6, 6.07) is 0.394. The van der Waals surface area contributed by atoms with Gasteiger partial charge in [-0.3, -0.25) is 0 Å². The summed E-state index contributed by atoms with van der Waals surface area (Å²) in [5.74, 6) is 1.21. The number of hydrogen-bond acceptors (Lipinski definition) is 4. The van der Waals surface area contributed by atoms with E-state index in [4.69, 9.17) is 9.47 Å². The van der Waals surface area contributed by atoms with E-state index in [0.717, 1.165) is 26.1 Å². The van der Waals surface area contributed by atoms with Crippen molar-refractivity contribution in [1.29, 1.82) is 0 Å². The van der Waals surface area contributed by atoms with Gasteiger partial charge >= 0.3 is 0 Å². The van der Waals surface area contributed by atoms with Crippen LogP contribution in [0.1, 0.15) is 40.5 Å². The van der Waals surface area contributed by atoms with Gasteiger partial charge in [-0.25, -0.2) is 0 Å². The summed E-state index contributed by atoms with van der Waals surface area (Å²) in [5, 5.41) is 13.3. The lowest BCUT2D eigenvalue weighted by Gasteiger charge is -2.22. The Morgan fingerprint density at radius 3 is 2.63 bits per heavy atom. The number of rotatable bonds is 9. The molecule has 1 aliphatic rings. The lowest BCUT2D eigenvalue weighted by Crippen LogP contribution is -2.40. The van der Waals surface area contributed by atoms with E-state index >= 15 is 0 Å². The van der Waals surface area contributed by atoms with E-state index < -0.39 is 6.10 Å². The maximum Gasteiger partial charge on any atom is 0.0897 e.